The van der Waals surface area contributed by atoms with Crippen molar-refractivity contribution in [3.63, 3.8) is 0 Å². The summed E-state index contributed by atoms with van der Waals surface area (Å²) in [5.74, 6) is 0.962. The van der Waals surface area contributed by atoms with Crippen molar-refractivity contribution in [2.24, 2.45) is 0 Å². The summed E-state index contributed by atoms with van der Waals surface area (Å²) < 4.78 is 32.0. The van der Waals surface area contributed by atoms with Crippen LogP contribution in [-0.4, -0.2) is 47.8 Å². The monoisotopic (exact) mass is 461 g/mol. The Bertz CT molecular complexity index is 1260. The minimum Gasteiger partial charge on any atom is -0.378 e. The van der Waals surface area contributed by atoms with Crippen LogP contribution in [0.15, 0.2) is 60.7 Å². The zero-order valence-electron chi connectivity index (χ0n) is 18.7. The number of nitrogens with one attached hydrogen (secondary N) is 1. The smallest absolute Gasteiger partial charge is 0.159 e. The molecule has 0 unspecified atom stereocenters. The van der Waals surface area contributed by atoms with Crippen molar-refractivity contribution in [1.82, 2.24) is 20.3 Å². The van der Waals surface area contributed by atoms with E-state index < -0.39 is 0 Å². The number of ether oxygens (including phenoxy) is 1. The van der Waals surface area contributed by atoms with Gasteiger partial charge < -0.3 is 15.0 Å². The van der Waals surface area contributed by atoms with Crippen LogP contribution in [0, 0.1) is 11.6 Å². The number of pyridine rings is 1. The summed E-state index contributed by atoms with van der Waals surface area (Å²) in [4.78, 5) is 16.6. The normalized spacial score (nSPS) is 14.0. The largest absolute Gasteiger partial charge is 0.378 e. The number of benzene rings is 2. The Morgan fingerprint density at radius 1 is 0.824 bits per heavy atom. The Labute approximate surface area is 196 Å². The molecule has 34 heavy (non-hydrogen) atoms. The van der Waals surface area contributed by atoms with Gasteiger partial charge in [-0.1, -0.05) is 12.1 Å². The maximum atomic E-state index is 13.4. The van der Waals surface area contributed by atoms with Gasteiger partial charge in [-0.3, -0.25) is 0 Å². The van der Waals surface area contributed by atoms with Crippen LogP contribution in [0.2, 0.25) is 0 Å². The van der Waals surface area contributed by atoms with Crippen molar-refractivity contribution in [2.45, 2.75) is 13.0 Å². The molecule has 1 fully saturated rings. The molecular weight excluding hydrogens is 436 g/mol. The molecule has 4 aromatic rings. The summed E-state index contributed by atoms with van der Waals surface area (Å²) in [6, 6.07) is 16.7. The summed E-state index contributed by atoms with van der Waals surface area (Å²) in [5, 5.41) is 3.38. The van der Waals surface area contributed by atoms with Gasteiger partial charge in [-0.2, -0.15) is 0 Å². The Kier molecular flexibility index (Phi) is 6.69. The van der Waals surface area contributed by atoms with Gasteiger partial charge in [0, 0.05) is 18.7 Å². The first-order valence-corrected chi connectivity index (χ1v) is 11.4. The molecule has 2 aromatic carbocycles. The fraction of sp³-hybridized carbons (Fsp3) is 0.269. The highest BCUT2D eigenvalue weighted by atomic mass is 19.1. The Morgan fingerprint density at radius 3 is 2.26 bits per heavy atom. The molecule has 8 heteroatoms. The Balaban J connectivity index is 1.39. The van der Waals surface area contributed by atoms with E-state index >= 15 is 0 Å². The molecule has 5 rings (SSSR count). The maximum absolute atomic E-state index is 13.4. The van der Waals surface area contributed by atoms with Crippen molar-refractivity contribution in [2.75, 3.05) is 37.7 Å². The SMILES string of the molecule is Fc1ccc(CCNCc2nc(N3CCOCC3)c3nc(-c4ccc(F)cc4)ccc3n2)cc1. The summed E-state index contributed by atoms with van der Waals surface area (Å²) in [7, 11) is 0. The van der Waals surface area contributed by atoms with E-state index in [2.05, 4.69) is 10.2 Å². The topological polar surface area (TPSA) is 63.2 Å². The third-order valence-electron chi connectivity index (χ3n) is 5.81. The van der Waals surface area contributed by atoms with E-state index in [1.165, 1.54) is 24.3 Å². The predicted molar refractivity (Wildman–Crippen MR) is 128 cm³/mol. The molecule has 1 aliphatic rings. The fourth-order valence-electron chi connectivity index (χ4n) is 3.99. The molecule has 1 aliphatic heterocycles. The lowest BCUT2D eigenvalue weighted by Crippen LogP contribution is -2.37. The first-order valence-electron chi connectivity index (χ1n) is 11.4. The second kappa shape index (κ2) is 10.2. The van der Waals surface area contributed by atoms with Gasteiger partial charge in [0.15, 0.2) is 5.82 Å². The van der Waals surface area contributed by atoms with Crippen LogP contribution >= 0.6 is 0 Å². The number of aromatic nitrogens is 3. The highest BCUT2D eigenvalue weighted by molar-refractivity contribution is 5.87. The average molecular weight is 462 g/mol. The lowest BCUT2D eigenvalue weighted by molar-refractivity contribution is 0.122. The summed E-state index contributed by atoms with van der Waals surface area (Å²) in [6.07, 6.45) is 0.784. The first kappa shape index (κ1) is 22.3. The van der Waals surface area contributed by atoms with Crippen LogP contribution in [0.1, 0.15) is 11.4 Å². The van der Waals surface area contributed by atoms with Gasteiger partial charge in [0.05, 0.1) is 31.0 Å². The van der Waals surface area contributed by atoms with Gasteiger partial charge in [0.2, 0.25) is 0 Å². The molecule has 0 spiro atoms. The van der Waals surface area contributed by atoms with Crippen molar-refractivity contribution in [1.29, 1.82) is 0 Å². The minimum absolute atomic E-state index is 0.229. The fourth-order valence-corrected chi connectivity index (χ4v) is 3.99. The molecule has 174 valence electrons. The van der Waals surface area contributed by atoms with Gasteiger partial charge in [-0.05, 0) is 67.1 Å². The molecule has 1 N–H and O–H groups in total. The van der Waals surface area contributed by atoms with E-state index in [4.69, 9.17) is 19.7 Å². The summed E-state index contributed by atoms with van der Waals surface area (Å²) in [6.45, 7) is 3.96. The third-order valence-corrected chi connectivity index (χ3v) is 5.81. The molecule has 6 nitrogen and oxygen atoms in total. The van der Waals surface area contributed by atoms with E-state index in [9.17, 15) is 8.78 Å². The van der Waals surface area contributed by atoms with Crippen LogP contribution in [0.4, 0.5) is 14.6 Å². The van der Waals surface area contributed by atoms with Crippen molar-refractivity contribution in [3.05, 3.63) is 83.7 Å². The third kappa shape index (κ3) is 5.18. The number of rotatable bonds is 7. The van der Waals surface area contributed by atoms with Crippen LogP contribution in [0.25, 0.3) is 22.3 Å². The molecule has 0 atom stereocenters. The van der Waals surface area contributed by atoms with Crippen molar-refractivity contribution in [3.8, 4) is 11.3 Å². The second-order valence-electron chi connectivity index (χ2n) is 8.19. The highest BCUT2D eigenvalue weighted by Gasteiger charge is 2.19. The summed E-state index contributed by atoms with van der Waals surface area (Å²) in [5.41, 5.74) is 4.13. The number of fused-ring (bicyclic) bond motifs is 1. The van der Waals surface area contributed by atoms with E-state index in [-0.39, 0.29) is 11.6 Å². The van der Waals surface area contributed by atoms with Gasteiger partial charge in [-0.15, -0.1) is 0 Å². The van der Waals surface area contributed by atoms with Crippen LogP contribution in [0.3, 0.4) is 0 Å². The van der Waals surface area contributed by atoms with Gasteiger partial charge in [-0.25, -0.2) is 23.7 Å². The van der Waals surface area contributed by atoms with E-state index in [1.54, 1.807) is 24.3 Å². The summed E-state index contributed by atoms with van der Waals surface area (Å²) >= 11 is 0. The number of hydrogen-bond acceptors (Lipinski definition) is 6. The number of morpholine rings is 1. The van der Waals surface area contributed by atoms with Crippen molar-refractivity contribution >= 4 is 16.9 Å². The number of hydrogen-bond donors (Lipinski definition) is 1. The molecule has 1 saturated heterocycles. The molecule has 0 amide bonds. The highest BCUT2D eigenvalue weighted by Crippen LogP contribution is 2.27. The minimum atomic E-state index is -0.279. The molecule has 3 heterocycles. The predicted octanol–water partition coefficient (Wildman–Crippen LogP) is 4.14. The molecule has 0 saturated carbocycles. The number of halogens is 2. The molecular formula is C26H25F2N5O. The second-order valence-corrected chi connectivity index (χ2v) is 8.19. The van der Waals surface area contributed by atoms with Gasteiger partial charge >= 0.3 is 0 Å². The zero-order valence-corrected chi connectivity index (χ0v) is 18.7. The number of nitrogens with zero attached hydrogens (tertiary/aromatic N) is 4. The maximum Gasteiger partial charge on any atom is 0.159 e. The molecule has 0 bridgehead atoms. The van der Waals surface area contributed by atoms with Crippen LogP contribution in [0.5, 0.6) is 0 Å². The molecule has 0 radical (unpaired) electrons. The van der Waals surface area contributed by atoms with Crippen LogP contribution in [-0.2, 0) is 17.7 Å². The standard InChI is InChI=1S/C26H25F2N5O/c27-20-5-1-18(2-6-20)11-12-29-17-24-30-23-10-9-22(19-3-7-21(28)8-4-19)31-25(23)26(32-24)33-13-15-34-16-14-33/h1-10,29H,11-17H2. The molecule has 2 aromatic heterocycles. The Hall–Kier alpha value is -3.49. The molecule has 0 aliphatic carbocycles. The average Bonchev–Trinajstić information content (AvgIpc) is 2.88. The van der Waals surface area contributed by atoms with Crippen molar-refractivity contribution < 1.29 is 13.5 Å². The van der Waals surface area contributed by atoms with E-state index in [0.717, 1.165) is 59.7 Å². The van der Waals surface area contributed by atoms with Crippen LogP contribution < -0.4 is 10.2 Å². The lowest BCUT2D eigenvalue weighted by Gasteiger charge is -2.28. The first-order chi connectivity index (χ1) is 16.7. The number of anilines is 1. The van der Waals surface area contributed by atoms with Gasteiger partial charge in [0.25, 0.3) is 0 Å². The van der Waals surface area contributed by atoms with E-state index in [1.807, 2.05) is 12.1 Å². The lowest BCUT2D eigenvalue weighted by atomic mass is 10.1. The zero-order chi connectivity index (χ0) is 23.3. The quantitative estimate of drug-likeness (QED) is 0.418. The Morgan fingerprint density at radius 2 is 1.53 bits per heavy atom. The van der Waals surface area contributed by atoms with E-state index in [0.29, 0.717) is 25.6 Å². The van der Waals surface area contributed by atoms with Gasteiger partial charge in [0.1, 0.15) is 23.0 Å².